The maximum absolute atomic E-state index is 12.4. The standard InChI is InChI=1S/C14H17F3N2O2S/c1-2-7-19(10-14(15,16)17)12(20)4-3-6-18-13(21)11-5-8-22-9-11/h2,5,8-9H,1,3-4,6-7,10H2,(H,18,21). The van der Waals surface area contributed by atoms with Gasteiger partial charge in [0.05, 0.1) is 0 Å². The van der Waals surface area contributed by atoms with Crippen molar-refractivity contribution in [1.82, 2.24) is 10.2 Å². The van der Waals surface area contributed by atoms with Crippen LogP contribution in [0, 0.1) is 0 Å². The summed E-state index contributed by atoms with van der Waals surface area (Å²) in [7, 11) is 0. The summed E-state index contributed by atoms with van der Waals surface area (Å²) < 4.78 is 37.1. The van der Waals surface area contributed by atoms with Crippen molar-refractivity contribution in [2.75, 3.05) is 19.6 Å². The fourth-order valence-electron chi connectivity index (χ4n) is 1.72. The minimum atomic E-state index is -4.44. The van der Waals surface area contributed by atoms with Gasteiger partial charge in [-0.25, -0.2) is 0 Å². The highest BCUT2D eigenvalue weighted by Crippen LogP contribution is 2.17. The summed E-state index contributed by atoms with van der Waals surface area (Å²) in [6.45, 7) is 2.13. The van der Waals surface area contributed by atoms with Crippen molar-refractivity contribution in [3.8, 4) is 0 Å². The first-order valence-corrected chi connectivity index (χ1v) is 7.53. The smallest absolute Gasteiger partial charge is 0.352 e. The van der Waals surface area contributed by atoms with E-state index >= 15 is 0 Å². The van der Waals surface area contributed by atoms with Crippen LogP contribution in [-0.4, -0.2) is 42.5 Å². The average Bonchev–Trinajstić information content (AvgIpc) is 2.95. The molecule has 22 heavy (non-hydrogen) atoms. The summed E-state index contributed by atoms with van der Waals surface area (Å²) in [4.78, 5) is 24.1. The zero-order valence-corrected chi connectivity index (χ0v) is 12.7. The lowest BCUT2D eigenvalue weighted by Gasteiger charge is -2.22. The molecule has 0 aromatic carbocycles. The van der Waals surface area contributed by atoms with Gasteiger partial charge in [0.1, 0.15) is 6.54 Å². The number of alkyl halides is 3. The zero-order chi connectivity index (χ0) is 16.6. The van der Waals surface area contributed by atoms with Crippen LogP contribution in [0.1, 0.15) is 23.2 Å². The molecule has 4 nitrogen and oxygen atoms in total. The van der Waals surface area contributed by atoms with E-state index in [2.05, 4.69) is 11.9 Å². The predicted molar refractivity (Wildman–Crippen MR) is 78.7 cm³/mol. The number of amides is 2. The van der Waals surface area contributed by atoms with E-state index in [4.69, 9.17) is 0 Å². The van der Waals surface area contributed by atoms with E-state index in [1.54, 1.807) is 16.8 Å². The predicted octanol–water partition coefficient (Wildman–Crippen LogP) is 2.84. The van der Waals surface area contributed by atoms with Gasteiger partial charge in [-0.3, -0.25) is 9.59 Å². The van der Waals surface area contributed by atoms with Gasteiger partial charge in [-0.15, -0.1) is 6.58 Å². The van der Waals surface area contributed by atoms with Crippen LogP contribution >= 0.6 is 11.3 Å². The molecule has 0 fully saturated rings. The molecule has 0 aliphatic carbocycles. The van der Waals surface area contributed by atoms with Gasteiger partial charge in [-0.1, -0.05) is 6.08 Å². The third-order valence-electron chi connectivity index (χ3n) is 2.71. The van der Waals surface area contributed by atoms with Gasteiger partial charge < -0.3 is 10.2 Å². The highest BCUT2D eigenvalue weighted by molar-refractivity contribution is 7.08. The zero-order valence-electron chi connectivity index (χ0n) is 11.9. The van der Waals surface area contributed by atoms with Gasteiger partial charge >= 0.3 is 6.18 Å². The van der Waals surface area contributed by atoms with E-state index in [0.717, 1.165) is 0 Å². The van der Waals surface area contributed by atoms with E-state index in [1.807, 2.05) is 0 Å². The molecule has 0 radical (unpaired) electrons. The molecule has 0 saturated carbocycles. The molecule has 122 valence electrons. The highest BCUT2D eigenvalue weighted by Gasteiger charge is 2.32. The molecule has 1 N–H and O–H groups in total. The number of thiophene rings is 1. The molecule has 1 rings (SSSR count). The topological polar surface area (TPSA) is 49.4 Å². The second-order valence-corrected chi connectivity index (χ2v) is 5.33. The molecule has 1 aromatic rings. The Morgan fingerprint density at radius 3 is 2.68 bits per heavy atom. The summed E-state index contributed by atoms with van der Waals surface area (Å²) >= 11 is 1.39. The first-order valence-electron chi connectivity index (χ1n) is 6.59. The van der Waals surface area contributed by atoms with Crippen molar-refractivity contribution < 1.29 is 22.8 Å². The minimum absolute atomic E-state index is 0.0617. The monoisotopic (exact) mass is 334 g/mol. The second-order valence-electron chi connectivity index (χ2n) is 4.55. The molecule has 1 heterocycles. The average molecular weight is 334 g/mol. The maximum Gasteiger partial charge on any atom is 0.406 e. The Labute approximate surface area is 130 Å². The SMILES string of the molecule is C=CCN(CC(F)(F)F)C(=O)CCCNC(=O)c1ccsc1. The van der Waals surface area contributed by atoms with Crippen LogP contribution in [0.25, 0.3) is 0 Å². The number of carbonyl (C=O) groups excluding carboxylic acids is 2. The Hall–Kier alpha value is -1.83. The van der Waals surface area contributed by atoms with Gasteiger partial charge in [0.15, 0.2) is 0 Å². The molecular weight excluding hydrogens is 317 g/mol. The van der Waals surface area contributed by atoms with Crippen LogP contribution in [0.3, 0.4) is 0 Å². The first kappa shape index (κ1) is 18.2. The Morgan fingerprint density at radius 2 is 2.14 bits per heavy atom. The molecule has 2 amide bonds. The van der Waals surface area contributed by atoms with Crippen LogP contribution in [0.2, 0.25) is 0 Å². The molecule has 0 aliphatic rings. The Morgan fingerprint density at radius 1 is 1.41 bits per heavy atom. The Balaban J connectivity index is 2.34. The third-order valence-corrected chi connectivity index (χ3v) is 3.39. The van der Waals surface area contributed by atoms with Gasteiger partial charge in [0.2, 0.25) is 5.91 Å². The number of nitrogens with zero attached hydrogens (tertiary/aromatic N) is 1. The molecule has 0 bridgehead atoms. The number of halogens is 3. The minimum Gasteiger partial charge on any atom is -0.352 e. The van der Waals surface area contributed by atoms with E-state index in [-0.39, 0.29) is 31.8 Å². The lowest BCUT2D eigenvalue weighted by Crippen LogP contribution is -2.39. The molecule has 0 saturated heterocycles. The number of carbonyl (C=O) groups is 2. The third kappa shape index (κ3) is 6.75. The number of rotatable bonds is 8. The summed E-state index contributed by atoms with van der Waals surface area (Å²) in [5.74, 6) is -0.867. The van der Waals surface area contributed by atoms with Crippen molar-refractivity contribution >= 4 is 23.2 Å². The lowest BCUT2D eigenvalue weighted by atomic mass is 10.2. The fraction of sp³-hybridized carbons (Fsp3) is 0.429. The Bertz CT molecular complexity index is 501. The van der Waals surface area contributed by atoms with Crippen molar-refractivity contribution in [2.24, 2.45) is 0 Å². The molecule has 0 unspecified atom stereocenters. The van der Waals surface area contributed by atoms with Gasteiger partial charge in [0.25, 0.3) is 5.91 Å². The highest BCUT2D eigenvalue weighted by atomic mass is 32.1. The maximum atomic E-state index is 12.4. The molecule has 0 spiro atoms. The summed E-state index contributed by atoms with van der Waals surface area (Å²) in [5, 5.41) is 6.07. The van der Waals surface area contributed by atoms with Crippen molar-refractivity contribution in [1.29, 1.82) is 0 Å². The van der Waals surface area contributed by atoms with Gasteiger partial charge in [0, 0.05) is 30.5 Å². The second kappa shape index (κ2) is 8.57. The van der Waals surface area contributed by atoms with E-state index in [1.165, 1.54) is 17.4 Å². The number of nitrogens with one attached hydrogen (secondary N) is 1. The normalized spacial score (nSPS) is 11.0. The fourth-order valence-corrected chi connectivity index (χ4v) is 2.36. The lowest BCUT2D eigenvalue weighted by molar-refractivity contribution is -0.160. The quantitative estimate of drug-likeness (QED) is 0.587. The summed E-state index contributed by atoms with van der Waals surface area (Å²) in [5.41, 5.74) is 0.529. The first-order chi connectivity index (χ1) is 10.3. The van der Waals surface area contributed by atoms with Crippen LogP contribution in [0.5, 0.6) is 0 Å². The van der Waals surface area contributed by atoms with Crippen LogP contribution in [-0.2, 0) is 4.79 Å². The summed E-state index contributed by atoms with van der Waals surface area (Å²) in [6, 6.07) is 1.67. The summed E-state index contributed by atoms with van der Waals surface area (Å²) in [6.07, 6.45) is -2.97. The van der Waals surface area contributed by atoms with Crippen LogP contribution in [0.15, 0.2) is 29.5 Å². The van der Waals surface area contributed by atoms with Crippen LogP contribution < -0.4 is 5.32 Å². The number of hydrogen-bond donors (Lipinski definition) is 1. The Kier molecular flexibility index (Phi) is 7.10. The van der Waals surface area contributed by atoms with E-state index in [9.17, 15) is 22.8 Å². The molecule has 0 aliphatic heterocycles. The van der Waals surface area contributed by atoms with E-state index in [0.29, 0.717) is 10.5 Å². The largest absolute Gasteiger partial charge is 0.406 e. The molecular formula is C14H17F3N2O2S. The van der Waals surface area contributed by atoms with Gasteiger partial charge in [-0.05, 0) is 17.9 Å². The van der Waals surface area contributed by atoms with E-state index < -0.39 is 18.6 Å². The van der Waals surface area contributed by atoms with Crippen molar-refractivity contribution in [3.63, 3.8) is 0 Å². The van der Waals surface area contributed by atoms with Crippen molar-refractivity contribution in [3.05, 3.63) is 35.0 Å². The van der Waals surface area contributed by atoms with Crippen LogP contribution in [0.4, 0.5) is 13.2 Å². The molecule has 0 atom stereocenters. The molecule has 1 aromatic heterocycles. The van der Waals surface area contributed by atoms with Crippen molar-refractivity contribution in [2.45, 2.75) is 19.0 Å². The molecule has 8 heteroatoms. The number of hydrogen-bond acceptors (Lipinski definition) is 3. The van der Waals surface area contributed by atoms with Gasteiger partial charge in [-0.2, -0.15) is 24.5 Å².